The monoisotopic (exact) mass is 576 g/mol. The molecule has 0 radical (unpaired) electrons. The van der Waals surface area contributed by atoms with Crippen molar-refractivity contribution in [2.24, 2.45) is 0 Å². The molecule has 0 spiro atoms. The topological polar surface area (TPSA) is 13.1 Å². The maximum atomic E-state index is 9.76. The summed E-state index contributed by atoms with van der Waals surface area (Å²) in [5.41, 5.74) is 7.44. The predicted octanol–water partition coefficient (Wildman–Crippen LogP) is 12.6. The summed E-state index contributed by atoms with van der Waals surface area (Å²) in [4.78, 5) is 0. The van der Waals surface area contributed by atoms with Gasteiger partial charge in [-0.3, -0.25) is 0 Å². The molecule has 0 fully saturated rings. The Morgan fingerprint density at radius 3 is 1.62 bits per heavy atom. The number of furan rings is 1. The van der Waals surface area contributed by atoms with Crippen LogP contribution in [0.15, 0.2) is 174 Å². The molecular formula is C44H28O. The Hall–Kier alpha value is -5.92. The van der Waals surface area contributed by atoms with Crippen molar-refractivity contribution in [3.63, 3.8) is 0 Å². The van der Waals surface area contributed by atoms with E-state index >= 15 is 0 Å². The maximum Gasteiger partial charge on any atom is 0.143 e. The van der Waals surface area contributed by atoms with Crippen LogP contribution in [0.4, 0.5) is 0 Å². The number of benzene rings is 8. The Kier molecular flexibility index (Phi) is 5.00. The standard InChI is InChI=1S/C44H28O/c1-3-13-29(14-4-1)31-25-26-35-40-24-12-23-34(44(40)45-41(35)28-31)32-17-11-18-33(27-32)43-38-21-9-7-19-36(38)42(30-15-5-2-6-16-30)37-20-8-10-22-39(37)43/h1-28H/i11D,17D,18D,27D. The molecule has 0 aliphatic heterocycles. The molecule has 1 aromatic heterocycles. The van der Waals surface area contributed by atoms with Crippen LogP contribution in [0.1, 0.15) is 5.48 Å². The normalized spacial score (nSPS) is 12.8. The summed E-state index contributed by atoms with van der Waals surface area (Å²) in [6.45, 7) is 0. The van der Waals surface area contributed by atoms with E-state index in [1.165, 1.54) is 0 Å². The lowest BCUT2D eigenvalue weighted by Gasteiger charge is -2.18. The molecule has 0 aliphatic rings. The van der Waals surface area contributed by atoms with Crippen molar-refractivity contribution in [2.45, 2.75) is 0 Å². The van der Waals surface area contributed by atoms with Gasteiger partial charge in [0.1, 0.15) is 11.2 Å². The van der Waals surface area contributed by atoms with Crippen molar-refractivity contribution < 1.29 is 9.90 Å². The van der Waals surface area contributed by atoms with Gasteiger partial charge in [-0.15, -0.1) is 0 Å². The van der Waals surface area contributed by atoms with Gasteiger partial charge in [0.25, 0.3) is 0 Å². The zero-order valence-corrected chi connectivity index (χ0v) is 24.3. The molecular weight excluding hydrogens is 544 g/mol. The zero-order chi connectivity index (χ0) is 33.2. The number of para-hydroxylation sites is 1. The highest BCUT2D eigenvalue weighted by Gasteiger charge is 2.18. The first-order chi connectivity index (χ1) is 24.0. The van der Waals surface area contributed by atoms with Crippen molar-refractivity contribution in [1.82, 2.24) is 0 Å². The Morgan fingerprint density at radius 2 is 0.956 bits per heavy atom. The third kappa shape index (κ3) is 4.17. The highest BCUT2D eigenvalue weighted by molar-refractivity contribution is 6.21. The molecule has 0 aliphatic carbocycles. The van der Waals surface area contributed by atoms with Gasteiger partial charge in [-0.1, -0.05) is 152 Å². The van der Waals surface area contributed by atoms with Gasteiger partial charge in [-0.05, 0) is 78.7 Å². The van der Waals surface area contributed by atoms with Gasteiger partial charge < -0.3 is 4.42 Å². The van der Waals surface area contributed by atoms with Crippen molar-refractivity contribution in [3.8, 4) is 44.5 Å². The van der Waals surface area contributed by atoms with Crippen LogP contribution in [-0.2, 0) is 0 Å². The first kappa shape index (κ1) is 21.7. The largest absolute Gasteiger partial charge is 0.455 e. The van der Waals surface area contributed by atoms with Crippen LogP contribution < -0.4 is 0 Å². The molecule has 0 bridgehead atoms. The number of hydrogen-bond donors (Lipinski definition) is 0. The molecule has 0 atom stereocenters. The summed E-state index contributed by atoms with van der Waals surface area (Å²) in [6, 6.07) is 48.0. The lowest BCUT2D eigenvalue weighted by molar-refractivity contribution is 0.670. The van der Waals surface area contributed by atoms with Crippen LogP contribution in [0.3, 0.4) is 0 Å². The second-order valence-electron chi connectivity index (χ2n) is 11.3. The first-order valence-electron chi connectivity index (χ1n) is 17.1. The molecule has 210 valence electrons. The summed E-state index contributed by atoms with van der Waals surface area (Å²) in [5, 5.41) is 5.58. The van der Waals surface area contributed by atoms with E-state index in [1.807, 2.05) is 97.1 Å². The SMILES string of the molecule is [2H]c1c([2H])c(-c2c3ccccc3c(-c3ccccc3)c3ccccc23)c([2H])c(-c2cccc3c2oc2cc(-c4ccccc4)ccc23)c1[2H]. The summed E-state index contributed by atoms with van der Waals surface area (Å²) < 4.78 is 43.8. The van der Waals surface area contributed by atoms with Crippen molar-refractivity contribution >= 4 is 43.5 Å². The molecule has 1 nitrogen and oxygen atoms in total. The second kappa shape index (κ2) is 10.4. The van der Waals surface area contributed by atoms with Gasteiger partial charge >= 0.3 is 0 Å². The van der Waals surface area contributed by atoms with Crippen LogP contribution in [0.2, 0.25) is 0 Å². The smallest absolute Gasteiger partial charge is 0.143 e. The highest BCUT2D eigenvalue weighted by atomic mass is 16.3. The Balaban J connectivity index is 1.35. The number of fused-ring (bicyclic) bond motifs is 5. The van der Waals surface area contributed by atoms with E-state index in [-0.39, 0.29) is 29.7 Å². The van der Waals surface area contributed by atoms with E-state index in [4.69, 9.17) is 7.16 Å². The fourth-order valence-corrected chi connectivity index (χ4v) is 6.72. The second-order valence-corrected chi connectivity index (χ2v) is 11.3. The molecule has 0 unspecified atom stereocenters. The minimum Gasteiger partial charge on any atom is -0.455 e. The summed E-state index contributed by atoms with van der Waals surface area (Å²) in [5.74, 6) is 0. The Labute approximate surface area is 267 Å². The molecule has 0 N–H and O–H groups in total. The summed E-state index contributed by atoms with van der Waals surface area (Å²) >= 11 is 0. The minimum absolute atomic E-state index is 0.0340. The molecule has 0 amide bonds. The quantitative estimate of drug-likeness (QED) is 0.190. The number of rotatable bonds is 4. The van der Waals surface area contributed by atoms with Gasteiger partial charge in [0.15, 0.2) is 0 Å². The van der Waals surface area contributed by atoms with E-state index < -0.39 is 0 Å². The van der Waals surface area contributed by atoms with Gasteiger partial charge in [0, 0.05) is 16.3 Å². The zero-order valence-electron chi connectivity index (χ0n) is 28.3. The van der Waals surface area contributed by atoms with Gasteiger partial charge in [0.2, 0.25) is 0 Å². The van der Waals surface area contributed by atoms with Crippen LogP contribution in [0.5, 0.6) is 0 Å². The van der Waals surface area contributed by atoms with E-state index in [1.54, 1.807) is 0 Å². The van der Waals surface area contributed by atoms with Gasteiger partial charge in [-0.25, -0.2) is 0 Å². The summed E-state index contributed by atoms with van der Waals surface area (Å²) in [7, 11) is 0. The van der Waals surface area contributed by atoms with Gasteiger partial charge in [0.05, 0.1) is 5.48 Å². The molecule has 45 heavy (non-hydrogen) atoms. The minimum atomic E-state index is -0.222. The third-order valence-corrected chi connectivity index (χ3v) is 8.74. The van der Waals surface area contributed by atoms with E-state index in [9.17, 15) is 2.74 Å². The fourth-order valence-electron chi connectivity index (χ4n) is 6.72. The van der Waals surface area contributed by atoms with Gasteiger partial charge in [-0.2, -0.15) is 0 Å². The third-order valence-electron chi connectivity index (χ3n) is 8.74. The molecule has 0 saturated heterocycles. The number of hydrogen-bond acceptors (Lipinski definition) is 1. The van der Waals surface area contributed by atoms with Crippen molar-refractivity contribution in [2.75, 3.05) is 0 Å². The van der Waals surface area contributed by atoms with Crippen LogP contribution >= 0.6 is 0 Å². The van der Waals surface area contributed by atoms with Crippen LogP contribution in [0.25, 0.3) is 88.0 Å². The van der Waals surface area contributed by atoms with Crippen LogP contribution in [-0.4, -0.2) is 0 Å². The fraction of sp³-hybridized carbons (Fsp3) is 0. The van der Waals surface area contributed by atoms with E-state index in [2.05, 4.69) is 48.5 Å². The predicted molar refractivity (Wildman–Crippen MR) is 190 cm³/mol. The van der Waals surface area contributed by atoms with Crippen molar-refractivity contribution in [1.29, 1.82) is 0 Å². The molecule has 9 rings (SSSR count). The van der Waals surface area contributed by atoms with E-state index in [0.717, 1.165) is 60.1 Å². The van der Waals surface area contributed by atoms with E-state index in [0.29, 0.717) is 22.3 Å². The Bertz CT molecular complexity index is 2690. The molecule has 9 aromatic rings. The lowest BCUT2D eigenvalue weighted by atomic mass is 9.85. The molecule has 1 heterocycles. The van der Waals surface area contributed by atoms with Crippen LogP contribution in [0, 0.1) is 0 Å². The summed E-state index contributed by atoms with van der Waals surface area (Å²) in [6.07, 6.45) is 0. The molecule has 0 saturated carbocycles. The first-order valence-corrected chi connectivity index (χ1v) is 15.1. The molecule has 8 aromatic carbocycles. The Morgan fingerprint density at radius 1 is 0.400 bits per heavy atom. The molecule has 1 heteroatoms. The average Bonchev–Trinajstić information content (AvgIpc) is 3.53. The average molecular weight is 577 g/mol. The maximum absolute atomic E-state index is 9.76. The van der Waals surface area contributed by atoms with Crippen molar-refractivity contribution in [3.05, 3.63) is 170 Å². The highest BCUT2D eigenvalue weighted by Crippen LogP contribution is 2.45. The lowest BCUT2D eigenvalue weighted by Crippen LogP contribution is -1.91.